The summed E-state index contributed by atoms with van der Waals surface area (Å²) < 4.78 is 5.11. The van der Waals surface area contributed by atoms with E-state index in [0.29, 0.717) is 17.1 Å². The Morgan fingerprint density at radius 1 is 0.897 bits per heavy atom. The van der Waals surface area contributed by atoms with E-state index in [1.807, 2.05) is 36.4 Å². The minimum absolute atomic E-state index is 0.105. The van der Waals surface area contributed by atoms with Gasteiger partial charge in [0.25, 0.3) is 0 Å². The Kier molecular flexibility index (Phi) is 5.39. The quantitative estimate of drug-likeness (QED) is 0.174. The molecule has 4 fully saturated rings. The number of aryl methyl sites for hydroxylation is 1. The zero-order valence-corrected chi connectivity index (χ0v) is 22.6. The van der Waals surface area contributed by atoms with Crippen molar-refractivity contribution in [2.75, 3.05) is 0 Å². The lowest BCUT2D eigenvalue weighted by Gasteiger charge is -2.59. The van der Waals surface area contributed by atoms with E-state index in [-0.39, 0.29) is 22.7 Å². The highest BCUT2D eigenvalue weighted by atomic mass is 16.5. The average Bonchev–Trinajstić information content (AvgIpc) is 3.23. The lowest BCUT2D eigenvalue weighted by atomic mass is 9.44. The summed E-state index contributed by atoms with van der Waals surface area (Å²) in [5.41, 5.74) is 8.87. The third-order valence-electron chi connectivity index (χ3n) is 10.4. The second-order valence-electron chi connectivity index (χ2n) is 12.6. The predicted octanol–water partition coefficient (Wildman–Crippen LogP) is 6.58. The number of nitrogens with zero attached hydrogens (tertiary/aromatic N) is 1. The molecule has 0 aliphatic heterocycles. The first-order valence-electron chi connectivity index (χ1n) is 14.1. The lowest BCUT2D eigenvalue weighted by molar-refractivity contribution is -0.133. The number of esters is 1. The van der Waals surface area contributed by atoms with Crippen LogP contribution >= 0.6 is 0 Å². The van der Waals surface area contributed by atoms with E-state index in [4.69, 9.17) is 4.74 Å². The SMILES string of the molecule is CC(=O)Oc1ccc(-c2ccc(/C=N/NC(=O)C34CC5CC6CC(c7ccc(C)cc7)(C3)C6(C5)C4)cc2)cc1. The molecule has 0 saturated heterocycles. The summed E-state index contributed by atoms with van der Waals surface area (Å²) in [4.78, 5) is 24.9. The molecule has 1 spiro atoms. The van der Waals surface area contributed by atoms with Gasteiger partial charge >= 0.3 is 5.97 Å². The molecule has 3 aromatic rings. The molecule has 4 aliphatic rings. The Bertz CT molecular complexity index is 1480. The Morgan fingerprint density at radius 2 is 1.59 bits per heavy atom. The molecule has 0 radical (unpaired) electrons. The largest absolute Gasteiger partial charge is 0.427 e. The van der Waals surface area contributed by atoms with Gasteiger partial charge in [0, 0.05) is 12.3 Å². The van der Waals surface area contributed by atoms with Gasteiger partial charge in [-0.05, 0) is 97.1 Å². The van der Waals surface area contributed by atoms with Crippen molar-refractivity contribution in [3.05, 3.63) is 89.5 Å². The van der Waals surface area contributed by atoms with Crippen molar-refractivity contribution in [3.63, 3.8) is 0 Å². The zero-order chi connectivity index (χ0) is 26.8. The number of ether oxygens (including phenoxy) is 1. The minimum atomic E-state index is -0.330. The summed E-state index contributed by atoms with van der Waals surface area (Å²) in [5.74, 6) is 1.76. The molecule has 198 valence electrons. The van der Waals surface area contributed by atoms with Gasteiger partial charge in [-0.3, -0.25) is 9.59 Å². The number of benzene rings is 3. The van der Waals surface area contributed by atoms with Gasteiger partial charge < -0.3 is 4.74 Å². The molecule has 5 atom stereocenters. The van der Waals surface area contributed by atoms with Crippen LogP contribution in [-0.4, -0.2) is 18.1 Å². The lowest BCUT2D eigenvalue weighted by Crippen LogP contribution is -2.55. The van der Waals surface area contributed by atoms with Crippen LogP contribution in [0.25, 0.3) is 11.1 Å². The van der Waals surface area contributed by atoms with Gasteiger partial charge in [-0.25, -0.2) is 5.43 Å². The van der Waals surface area contributed by atoms with Crippen LogP contribution in [-0.2, 0) is 15.0 Å². The molecule has 4 aliphatic carbocycles. The van der Waals surface area contributed by atoms with E-state index in [1.54, 1.807) is 18.3 Å². The molecule has 4 saturated carbocycles. The summed E-state index contributed by atoms with van der Waals surface area (Å²) in [7, 11) is 0. The van der Waals surface area contributed by atoms with Crippen molar-refractivity contribution >= 4 is 18.1 Å². The average molecular weight is 519 g/mol. The number of fused-ring (bicyclic) bond motifs is 2. The van der Waals surface area contributed by atoms with E-state index >= 15 is 0 Å². The number of nitrogens with one attached hydrogen (secondary N) is 1. The van der Waals surface area contributed by atoms with Crippen LogP contribution < -0.4 is 10.2 Å². The van der Waals surface area contributed by atoms with Crippen LogP contribution in [0, 0.1) is 29.6 Å². The second-order valence-corrected chi connectivity index (χ2v) is 12.6. The van der Waals surface area contributed by atoms with E-state index in [0.717, 1.165) is 41.9 Å². The smallest absolute Gasteiger partial charge is 0.308 e. The van der Waals surface area contributed by atoms with Gasteiger partial charge in [-0.2, -0.15) is 5.10 Å². The Labute approximate surface area is 229 Å². The summed E-state index contributed by atoms with van der Waals surface area (Å²) in [6.07, 6.45) is 8.55. The fourth-order valence-corrected chi connectivity index (χ4v) is 9.04. The molecular formula is C34H34N2O3. The number of hydrogen-bond donors (Lipinski definition) is 1. The minimum Gasteiger partial charge on any atom is -0.427 e. The first-order valence-corrected chi connectivity index (χ1v) is 14.1. The van der Waals surface area contributed by atoms with E-state index in [9.17, 15) is 9.59 Å². The fraction of sp³-hybridized carbons (Fsp3) is 0.382. The van der Waals surface area contributed by atoms with Crippen molar-refractivity contribution in [2.45, 2.75) is 57.8 Å². The van der Waals surface area contributed by atoms with Crippen molar-refractivity contribution < 1.29 is 14.3 Å². The number of hydrazone groups is 1. The molecule has 3 aromatic carbocycles. The van der Waals surface area contributed by atoms with Gasteiger partial charge in [0.1, 0.15) is 5.75 Å². The Morgan fingerprint density at radius 3 is 2.28 bits per heavy atom. The maximum Gasteiger partial charge on any atom is 0.308 e. The fourth-order valence-electron chi connectivity index (χ4n) is 9.04. The normalized spacial score (nSPS) is 31.6. The summed E-state index contributed by atoms with van der Waals surface area (Å²) in [6.45, 7) is 3.54. The van der Waals surface area contributed by atoms with Crippen molar-refractivity contribution in [2.24, 2.45) is 27.8 Å². The zero-order valence-electron chi connectivity index (χ0n) is 22.6. The van der Waals surface area contributed by atoms with Crippen LogP contribution in [0.4, 0.5) is 0 Å². The van der Waals surface area contributed by atoms with Gasteiger partial charge in [-0.15, -0.1) is 0 Å². The van der Waals surface area contributed by atoms with E-state index in [1.165, 1.54) is 37.3 Å². The monoisotopic (exact) mass is 518 g/mol. The second kappa shape index (κ2) is 8.64. The number of carbonyl (C=O) groups excluding carboxylic acids is 2. The number of hydrogen-bond acceptors (Lipinski definition) is 4. The van der Waals surface area contributed by atoms with Crippen LogP contribution in [0.1, 0.15) is 62.1 Å². The predicted molar refractivity (Wildman–Crippen MR) is 151 cm³/mol. The van der Waals surface area contributed by atoms with E-state index < -0.39 is 0 Å². The first kappa shape index (κ1) is 24.3. The maximum atomic E-state index is 13.8. The topological polar surface area (TPSA) is 67.8 Å². The Balaban J connectivity index is 1.05. The van der Waals surface area contributed by atoms with Gasteiger partial charge in [0.15, 0.2) is 0 Å². The first-order chi connectivity index (χ1) is 18.8. The molecule has 5 nitrogen and oxygen atoms in total. The standard InChI is InChI=1S/C34H34N2O3/c1-22-3-11-28(12-4-22)34-18-29-15-25-16-32(21-34,20-33(29,34)17-25)31(38)36-35-19-24-5-7-26(8-6-24)27-9-13-30(14-10-27)39-23(2)37/h3-14,19,25,29H,15-18,20-21H2,1-2H3,(H,36,38)/b35-19+. The molecule has 3 bridgehead atoms. The molecule has 0 aromatic heterocycles. The molecule has 7 rings (SSSR count). The highest BCUT2D eigenvalue weighted by molar-refractivity contribution is 5.87. The highest BCUT2D eigenvalue weighted by Crippen LogP contribution is 2.84. The van der Waals surface area contributed by atoms with Gasteiger partial charge in [0.05, 0.1) is 11.6 Å². The van der Waals surface area contributed by atoms with Crippen LogP contribution in [0.15, 0.2) is 77.9 Å². The number of carbonyl (C=O) groups is 2. The van der Waals surface area contributed by atoms with Crippen LogP contribution in [0.2, 0.25) is 0 Å². The highest BCUT2D eigenvalue weighted by Gasteiger charge is 2.79. The molecule has 5 unspecified atom stereocenters. The van der Waals surface area contributed by atoms with Gasteiger partial charge in [-0.1, -0.05) is 66.2 Å². The molecule has 1 amide bonds. The number of amides is 1. The number of rotatable bonds is 6. The third-order valence-corrected chi connectivity index (χ3v) is 10.4. The van der Waals surface area contributed by atoms with Crippen LogP contribution in [0.3, 0.4) is 0 Å². The van der Waals surface area contributed by atoms with Crippen molar-refractivity contribution in [1.29, 1.82) is 0 Å². The van der Waals surface area contributed by atoms with Crippen molar-refractivity contribution in [3.8, 4) is 16.9 Å². The Hall–Kier alpha value is -3.73. The molecule has 0 heterocycles. The van der Waals surface area contributed by atoms with Crippen LogP contribution in [0.5, 0.6) is 5.75 Å². The molecule has 39 heavy (non-hydrogen) atoms. The van der Waals surface area contributed by atoms with Gasteiger partial charge in [0.2, 0.25) is 5.91 Å². The summed E-state index contributed by atoms with van der Waals surface area (Å²) in [5, 5.41) is 4.41. The van der Waals surface area contributed by atoms with Crippen molar-refractivity contribution in [1.82, 2.24) is 5.43 Å². The molecular weight excluding hydrogens is 484 g/mol. The summed E-state index contributed by atoms with van der Waals surface area (Å²) in [6, 6.07) is 24.6. The molecule has 5 heteroatoms. The third kappa shape index (κ3) is 3.70. The maximum absolute atomic E-state index is 13.8. The van der Waals surface area contributed by atoms with E-state index in [2.05, 4.69) is 41.7 Å². The molecule has 1 N–H and O–H groups in total. The summed E-state index contributed by atoms with van der Waals surface area (Å²) >= 11 is 0.